The summed E-state index contributed by atoms with van der Waals surface area (Å²) < 4.78 is 0. The molecule has 4 heteroatoms. The lowest BCUT2D eigenvalue weighted by Crippen LogP contribution is -2.39. The first kappa shape index (κ1) is 14.6. The molecule has 1 atom stereocenters. The molecule has 1 N–H and O–H groups in total. The molecule has 4 nitrogen and oxygen atoms in total. The standard InChI is InChI=1S/C16H22N2O2/c1-11(2)14-6-4-13(5-7-14)10-18-12(3)8-15(19)17-9-16(18)20/h4-7,11-12H,8-10H2,1-3H3,(H,17,19). The van der Waals surface area contributed by atoms with Crippen LogP contribution in [0.1, 0.15) is 44.2 Å². The van der Waals surface area contributed by atoms with E-state index in [1.807, 2.05) is 6.92 Å². The smallest absolute Gasteiger partial charge is 0.242 e. The van der Waals surface area contributed by atoms with E-state index in [2.05, 4.69) is 43.4 Å². The highest BCUT2D eigenvalue weighted by Gasteiger charge is 2.26. The molecule has 1 saturated heterocycles. The second-order valence-electron chi connectivity index (χ2n) is 5.75. The van der Waals surface area contributed by atoms with Crippen LogP contribution in [-0.2, 0) is 16.1 Å². The third-order valence-electron chi connectivity index (χ3n) is 3.77. The number of benzene rings is 1. The van der Waals surface area contributed by atoms with Crippen LogP contribution in [0.4, 0.5) is 0 Å². The number of carbonyl (C=O) groups is 2. The predicted octanol–water partition coefficient (Wildman–Crippen LogP) is 2.05. The summed E-state index contributed by atoms with van der Waals surface area (Å²) in [7, 11) is 0. The Balaban J connectivity index is 2.10. The van der Waals surface area contributed by atoms with Crippen LogP contribution in [-0.4, -0.2) is 29.3 Å². The van der Waals surface area contributed by atoms with E-state index < -0.39 is 0 Å². The summed E-state index contributed by atoms with van der Waals surface area (Å²) in [6.07, 6.45) is 0.371. The van der Waals surface area contributed by atoms with E-state index >= 15 is 0 Å². The first-order valence-corrected chi connectivity index (χ1v) is 7.12. The van der Waals surface area contributed by atoms with Crippen molar-refractivity contribution in [2.75, 3.05) is 6.54 Å². The Morgan fingerprint density at radius 1 is 1.25 bits per heavy atom. The first-order chi connectivity index (χ1) is 9.47. The van der Waals surface area contributed by atoms with Crippen molar-refractivity contribution in [3.8, 4) is 0 Å². The largest absolute Gasteiger partial charge is 0.347 e. The number of nitrogens with zero attached hydrogens (tertiary/aromatic N) is 1. The zero-order valence-corrected chi connectivity index (χ0v) is 12.3. The van der Waals surface area contributed by atoms with Crippen LogP contribution in [0.3, 0.4) is 0 Å². The van der Waals surface area contributed by atoms with Crippen molar-refractivity contribution in [1.29, 1.82) is 0 Å². The Morgan fingerprint density at radius 2 is 1.90 bits per heavy atom. The van der Waals surface area contributed by atoms with Crippen LogP contribution in [0.15, 0.2) is 24.3 Å². The highest BCUT2D eigenvalue weighted by molar-refractivity contribution is 5.87. The Hall–Kier alpha value is -1.84. The second-order valence-corrected chi connectivity index (χ2v) is 5.75. The number of amides is 2. The molecule has 0 aliphatic carbocycles. The van der Waals surface area contributed by atoms with Crippen molar-refractivity contribution in [1.82, 2.24) is 10.2 Å². The number of rotatable bonds is 3. The quantitative estimate of drug-likeness (QED) is 0.917. The van der Waals surface area contributed by atoms with Gasteiger partial charge in [-0.25, -0.2) is 0 Å². The SMILES string of the molecule is CC(C)c1ccc(CN2C(=O)CNC(=O)CC2C)cc1. The molecule has 1 aliphatic rings. The second kappa shape index (κ2) is 6.07. The summed E-state index contributed by atoms with van der Waals surface area (Å²) >= 11 is 0. The molecule has 2 amide bonds. The molecule has 0 radical (unpaired) electrons. The number of nitrogens with one attached hydrogen (secondary N) is 1. The van der Waals surface area contributed by atoms with E-state index in [1.165, 1.54) is 5.56 Å². The lowest BCUT2D eigenvalue weighted by molar-refractivity contribution is -0.132. The monoisotopic (exact) mass is 274 g/mol. The van der Waals surface area contributed by atoms with Gasteiger partial charge in [0.15, 0.2) is 0 Å². The summed E-state index contributed by atoms with van der Waals surface area (Å²) in [5.74, 6) is 0.435. The highest BCUT2D eigenvalue weighted by atomic mass is 16.2. The first-order valence-electron chi connectivity index (χ1n) is 7.12. The molecule has 108 valence electrons. The Labute approximate surface area is 120 Å². The van der Waals surface area contributed by atoms with Crippen molar-refractivity contribution >= 4 is 11.8 Å². The summed E-state index contributed by atoms with van der Waals surface area (Å²) in [4.78, 5) is 25.3. The normalized spacial score (nSPS) is 20.0. The number of carbonyl (C=O) groups excluding carboxylic acids is 2. The fourth-order valence-corrected chi connectivity index (χ4v) is 2.42. The van der Waals surface area contributed by atoms with E-state index in [0.717, 1.165) is 5.56 Å². The van der Waals surface area contributed by atoms with E-state index in [0.29, 0.717) is 18.9 Å². The summed E-state index contributed by atoms with van der Waals surface area (Å²) in [5, 5.41) is 2.63. The van der Waals surface area contributed by atoms with Gasteiger partial charge in [-0.15, -0.1) is 0 Å². The molecule has 1 unspecified atom stereocenters. The lowest BCUT2D eigenvalue weighted by atomic mass is 10.0. The molecule has 0 aromatic heterocycles. The average Bonchev–Trinajstić information content (AvgIpc) is 2.52. The minimum absolute atomic E-state index is 0.0173. The van der Waals surface area contributed by atoms with Crippen molar-refractivity contribution in [3.63, 3.8) is 0 Å². The molecule has 0 spiro atoms. The van der Waals surface area contributed by atoms with Crippen LogP contribution < -0.4 is 5.32 Å². The molecule has 1 fully saturated rings. The van der Waals surface area contributed by atoms with Crippen LogP contribution in [0, 0.1) is 0 Å². The minimum atomic E-state index is -0.0604. The van der Waals surface area contributed by atoms with Gasteiger partial charge < -0.3 is 10.2 Å². The maximum Gasteiger partial charge on any atom is 0.242 e. The van der Waals surface area contributed by atoms with Gasteiger partial charge in [0.2, 0.25) is 11.8 Å². The lowest BCUT2D eigenvalue weighted by Gasteiger charge is -2.26. The van der Waals surface area contributed by atoms with E-state index in [9.17, 15) is 9.59 Å². The van der Waals surface area contributed by atoms with Gasteiger partial charge in [0.25, 0.3) is 0 Å². The van der Waals surface area contributed by atoms with E-state index in [-0.39, 0.29) is 24.4 Å². The highest BCUT2D eigenvalue weighted by Crippen LogP contribution is 2.17. The molecule has 1 aliphatic heterocycles. The van der Waals surface area contributed by atoms with Gasteiger partial charge in [0.1, 0.15) is 0 Å². The van der Waals surface area contributed by atoms with Crippen molar-refractivity contribution in [2.45, 2.75) is 45.7 Å². The summed E-state index contributed by atoms with van der Waals surface area (Å²) in [5.41, 5.74) is 2.39. The van der Waals surface area contributed by atoms with Gasteiger partial charge >= 0.3 is 0 Å². The zero-order valence-electron chi connectivity index (χ0n) is 12.3. The van der Waals surface area contributed by atoms with Crippen LogP contribution in [0.2, 0.25) is 0 Å². The van der Waals surface area contributed by atoms with Gasteiger partial charge in [-0.3, -0.25) is 9.59 Å². The molecule has 2 rings (SSSR count). The van der Waals surface area contributed by atoms with Crippen LogP contribution in [0.5, 0.6) is 0 Å². The fourth-order valence-electron chi connectivity index (χ4n) is 2.42. The van der Waals surface area contributed by atoms with Crippen molar-refractivity contribution in [2.24, 2.45) is 0 Å². The van der Waals surface area contributed by atoms with Crippen LogP contribution in [0.25, 0.3) is 0 Å². The minimum Gasteiger partial charge on any atom is -0.347 e. The van der Waals surface area contributed by atoms with Gasteiger partial charge in [-0.2, -0.15) is 0 Å². The molecular weight excluding hydrogens is 252 g/mol. The molecule has 1 heterocycles. The number of hydrogen-bond acceptors (Lipinski definition) is 2. The molecular formula is C16H22N2O2. The van der Waals surface area contributed by atoms with Gasteiger partial charge in [-0.05, 0) is 24.0 Å². The fraction of sp³-hybridized carbons (Fsp3) is 0.500. The van der Waals surface area contributed by atoms with Gasteiger partial charge in [-0.1, -0.05) is 38.1 Å². The third-order valence-corrected chi connectivity index (χ3v) is 3.77. The molecule has 0 saturated carbocycles. The predicted molar refractivity (Wildman–Crippen MR) is 78.2 cm³/mol. The third kappa shape index (κ3) is 3.38. The van der Waals surface area contributed by atoms with Gasteiger partial charge in [0, 0.05) is 19.0 Å². The van der Waals surface area contributed by atoms with Gasteiger partial charge in [0.05, 0.1) is 6.54 Å². The van der Waals surface area contributed by atoms with Crippen molar-refractivity contribution in [3.05, 3.63) is 35.4 Å². The maximum absolute atomic E-state index is 12.1. The maximum atomic E-state index is 12.1. The Bertz CT molecular complexity index is 494. The molecule has 0 bridgehead atoms. The summed E-state index contributed by atoms with van der Waals surface area (Å²) in [6, 6.07) is 8.28. The Kier molecular flexibility index (Phi) is 4.42. The van der Waals surface area contributed by atoms with E-state index in [4.69, 9.17) is 0 Å². The van der Waals surface area contributed by atoms with Crippen LogP contribution >= 0.6 is 0 Å². The zero-order chi connectivity index (χ0) is 14.7. The van der Waals surface area contributed by atoms with E-state index in [1.54, 1.807) is 4.90 Å². The Morgan fingerprint density at radius 3 is 2.50 bits per heavy atom. The molecule has 1 aromatic carbocycles. The average molecular weight is 274 g/mol. The summed E-state index contributed by atoms with van der Waals surface area (Å²) in [6.45, 7) is 6.91. The topological polar surface area (TPSA) is 49.4 Å². The van der Waals surface area contributed by atoms with Crippen molar-refractivity contribution < 1.29 is 9.59 Å². The number of hydrogen-bond donors (Lipinski definition) is 1. The molecule has 1 aromatic rings. The molecule has 20 heavy (non-hydrogen) atoms.